The van der Waals surface area contributed by atoms with Crippen LogP contribution >= 0.6 is 0 Å². The Morgan fingerprint density at radius 3 is 2.45 bits per heavy atom. The fourth-order valence-corrected chi connectivity index (χ4v) is 2.01. The molecule has 0 spiro atoms. The smallest absolute Gasteiger partial charge is 0.266 e. The lowest BCUT2D eigenvalue weighted by atomic mass is 10.0. The molecule has 0 aliphatic heterocycles. The summed E-state index contributed by atoms with van der Waals surface area (Å²) in [6, 6.07) is 8.82. The Hall–Kier alpha value is -2.74. The lowest BCUT2D eigenvalue weighted by Gasteiger charge is -2.11. The molecule has 1 aromatic heterocycles. The molecule has 0 saturated heterocycles. The van der Waals surface area contributed by atoms with Crippen LogP contribution in [0.1, 0.15) is 11.1 Å². The lowest BCUT2D eigenvalue weighted by Crippen LogP contribution is -2.12. The van der Waals surface area contributed by atoms with Crippen molar-refractivity contribution in [3.8, 4) is 28.8 Å². The molecule has 5 heteroatoms. The third-order valence-electron chi connectivity index (χ3n) is 3.03. The van der Waals surface area contributed by atoms with Gasteiger partial charge in [0.1, 0.15) is 11.6 Å². The van der Waals surface area contributed by atoms with Crippen LogP contribution in [0.25, 0.3) is 11.3 Å². The van der Waals surface area contributed by atoms with E-state index in [-0.39, 0.29) is 5.56 Å². The number of benzene rings is 1. The zero-order valence-corrected chi connectivity index (χ0v) is 11.5. The monoisotopic (exact) mass is 270 g/mol. The van der Waals surface area contributed by atoms with E-state index in [1.54, 1.807) is 32.4 Å². The second-order valence-corrected chi connectivity index (χ2v) is 4.25. The Bertz CT molecular complexity index is 742. The number of hydrogen-bond acceptors (Lipinski definition) is 4. The summed E-state index contributed by atoms with van der Waals surface area (Å²) in [5.74, 6) is 1.19. The zero-order valence-electron chi connectivity index (χ0n) is 11.5. The molecule has 0 bridgehead atoms. The maximum absolute atomic E-state index is 11.7. The maximum Gasteiger partial charge on any atom is 0.266 e. The van der Waals surface area contributed by atoms with Crippen molar-refractivity contribution >= 4 is 0 Å². The number of methoxy groups -OCH3 is 2. The fraction of sp³-hybridized carbons (Fsp3) is 0.200. The predicted molar refractivity (Wildman–Crippen MR) is 75.1 cm³/mol. The standard InChI is InChI=1S/C15H14N2O3/c1-9-6-11(8-16)15(18)17-14(9)10-4-5-12(19-2)13(7-10)20-3/h4-7H,1-3H3,(H,17,18). The van der Waals surface area contributed by atoms with Crippen molar-refractivity contribution in [2.24, 2.45) is 0 Å². The molecule has 1 N–H and O–H groups in total. The van der Waals surface area contributed by atoms with Crippen LogP contribution in [0.2, 0.25) is 0 Å². The number of nitriles is 1. The molecule has 0 aliphatic rings. The van der Waals surface area contributed by atoms with E-state index in [1.807, 2.05) is 19.1 Å². The fourth-order valence-electron chi connectivity index (χ4n) is 2.01. The number of nitrogens with one attached hydrogen (secondary N) is 1. The highest BCUT2D eigenvalue weighted by atomic mass is 16.5. The van der Waals surface area contributed by atoms with Crippen LogP contribution in [0, 0.1) is 18.3 Å². The second-order valence-electron chi connectivity index (χ2n) is 4.25. The van der Waals surface area contributed by atoms with Gasteiger partial charge in [-0.25, -0.2) is 0 Å². The SMILES string of the molecule is COc1ccc(-c2[nH]c(=O)c(C#N)cc2C)cc1OC. The molecule has 20 heavy (non-hydrogen) atoms. The minimum absolute atomic E-state index is 0.103. The minimum atomic E-state index is -0.400. The summed E-state index contributed by atoms with van der Waals surface area (Å²) >= 11 is 0. The molecule has 1 aromatic carbocycles. The van der Waals surface area contributed by atoms with Gasteiger partial charge < -0.3 is 14.5 Å². The van der Waals surface area contributed by atoms with Gasteiger partial charge in [-0.15, -0.1) is 0 Å². The number of pyridine rings is 1. The minimum Gasteiger partial charge on any atom is -0.493 e. The second kappa shape index (κ2) is 5.49. The highest BCUT2D eigenvalue weighted by Gasteiger charge is 2.10. The predicted octanol–water partition coefficient (Wildman–Crippen LogP) is 2.24. The van der Waals surface area contributed by atoms with Crippen molar-refractivity contribution in [3.63, 3.8) is 0 Å². The topological polar surface area (TPSA) is 75.1 Å². The van der Waals surface area contributed by atoms with Gasteiger partial charge >= 0.3 is 0 Å². The zero-order chi connectivity index (χ0) is 14.7. The number of ether oxygens (including phenoxy) is 2. The van der Waals surface area contributed by atoms with Gasteiger partial charge in [-0.3, -0.25) is 4.79 Å². The Morgan fingerprint density at radius 1 is 1.15 bits per heavy atom. The molecule has 0 unspecified atom stereocenters. The highest BCUT2D eigenvalue weighted by Crippen LogP contribution is 2.32. The van der Waals surface area contributed by atoms with Gasteiger partial charge in [0, 0.05) is 5.56 Å². The average molecular weight is 270 g/mol. The van der Waals surface area contributed by atoms with Crippen molar-refractivity contribution < 1.29 is 9.47 Å². The van der Waals surface area contributed by atoms with Crippen molar-refractivity contribution in [1.29, 1.82) is 5.26 Å². The van der Waals surface area contributed by atoms with Crippen molar-refractivity contribution in [3.05, 3.63) is 45.7 Å². The van der Waals surface area contributed by atoms with Gasteiger partial charge in [0.2, 0.25) is 0 Å². The molecular weight excluding hydrogens is 256 g/mol. The van der Waals surface area contributed by atoms with Crippen LogP contribution in [-0.4, -0.2) is 19.2 Å². The van der Waals surface area contributed by atoms with Gasteiger partial charge in [0.15, 0.2) is 11.5 Å². The summed E-state index contributed by atoms with van der Waals surface area (Å²) in [4.78, 5) is 14.5. The molecule has 0 aliphatic carbocycles. The summed E-state index contributed by atoms with van der Waals surface area (Å²) in [6.07, 6.45) is 0. The Balaban J connectivity index is 2.61. The van der Waals surface area contributed by atoms with E-state index >= 15 is 0 Å². The summed E-state index contributed by atoms with van der Waals surface area (Å²) < 4.78 is 10.4. The third kappa shape index (κ3) is 2.36. The molecule has 2 rings (SSSR count). The number of nitrogens with zero attached hydrogens (tertiary/aromatic N) is 1. The lowest BCUT2D eigenvalue weighted by molar-refractivity contribution is 0.355. The van der Waals surface area contributed by atoms with Gasteiger partial charge in [0.25, 0.3) is 5.56 Å². The van der Waals surface area contributed by atoms with Crippen LogP contribution in [-0.2, 0) is 0 Å². The number of aromatic nitrogens is 1. The first kappa shape index (κ1) is 13.7. The van der Waals surface area contributed by atoms with E-state index in [4.69, 9.17) is 14.7 Å². The largest absolute Gasteiger partial charge is 0.493 e. The summed E-state index contributed by atoms with van der Waals surface area (Å²) in [5, 5.41) is 8.85. The highest BCUT2D eigenvalue weighted by molar-refractivity contribution is 5.67. The van der Waals surface area contributed by atoms with Crippen molar-refractivity contribution in [2.75, 3.05) is 14.2 Å². The first-order chi connectivity index (χ1) is 9.60. The van der Waals surface area contributed by atoms with Crippen molar-refractivity contribution in [1.82, 2.24) is 4.98 Å². The van der Waals surface area contributed by atoms with E-state index in [2.05, 4.69) is 4.98 Å². The van der Waals surface area contributed by atoms with Gasteiger partial charge in [-0.05, 0) is 36.8 Å². The van der Waals surface area contributed by atoms with Crippen molar-refractivity contribution in [2.45, 2.75) is 6.92 Å². The Morgan fingerprint density at radius 2 is 1.85 bits per heavy atom. The van der Waals surface area contributed by atoms with Gasteiger partial charge in [0.05, 0.1) is 19.9 Å². The van der Waals surface area contributed by atoms with E-state index in [1.165, 1.54) is 0 Å². The Labute approximate surface area is 116 Å². The van der Waals surface area contributed by atoms with Crippen LogP contribution in [0.3, 0.4) is 0 Å². The summed E-state index contributed by atoms with van der Waals surface area (Å²) in [6.45, 7) is 1.84. The number of rotatable bonds is 3. The Kier molecular flexibility index (Phi) is 3.76. The summed E-state index contributed by atoms with van der Waals surface area (Å²) in [5.41, 5.74) is 1.97. The summed E-state index contributed by atoms with van der Waals surface area (Å²) in [7, 11) is 3.11. The molecule has 0 atom stereocenters. The number of H-pyrrole nitrogens is 1. The first-order valence-corrected chi connectivity index (χ1v) is 5.97. The third-order valence-corrected chi connectivity index (χ3v) is 3.03. The van der Waals surface area contributed by atoms with Crippen LogP contribution < -0.4 is 15.0 Å². The van der Waals surface area contributed by atoms with E-state index < -0.39 is 5.56 Å². The van der Waals surface area contributed by atoms with Crippen LogP contribution in [0.15, 0.2) is 29.1 Å². The molecule has 5 nitrogen and oxygen atoms in total. The van der Waals surface area contributed by atoms with Gasteiger partial charge in [-0.1, -0.05) is 0 Å². The molecule has 0 amide bonds. The number of aryl methyl sites for hydroxylation is 1. The van der Waals surface area contributed by atoms with Gasteiger partial charge in [-0.2, -0.15) is 5.26 Å². The molecule has 0 radical (unpaired) electrons. The van der Waals surface area contributed by atoms with E-state index in [9.17, 15) is 4.79 Å². The first-order valence-electron chi connectivity index (χ1n) is 5.97. The molecule has 0 fully saturated rings. The van der Waals surface area contributed by atoms with E-state index in [0.29, 0.717) is 17.2 Å². The molecule has 2 aromatic rings. The molecular formula is C15H14N2O3. The maximum atomic E-state index is 11.7. The number of hydrogen-bond donors (Lipinski definition) is 1. The quantitative estimate of drug-likeness (QED) is 0.928. The number of aromatic amines is 1. The van der Waals surface area contributed by atoms with Crippen LogP contribution in [0.5, 0.6) is 11.5 Å². The average Bonchev–Trinajstić information content (AvgIpc) is 2.48. The van der Waals surface area contributed by atoms with E-state index in [0.717, 1.165) is 11.1 Å². The van der Waals surface area contributed by atoms with Crippen LogP contribution in [0.4, 0.5) is 0 Å². The molecule has 0 saturated carbocycles. The molecule has 1 heterocycles. The normalized spacial score (nSPS) is 9.90. The molecule has 102 valence electrons.